The van der Waals surface area contributed by atoms with E-state index in [1.54, 1.807) is 19.1 Å². The summed E-state index contributed by atoms with van der Waals surface area (Å²) in [5.74, 6) is 0.289. The molecule has 126 valence electrons. The van der Waals surface area contributed by atoms with Gasteiger partial charge >= 0.3 is 0 Å². The number of nitrogens with two attached hydrogens (primary N) is 1. The summed E-state index contributed by atoms with van der Waals surface area (Å²) in [6.07, 6.45) is 0. The third-order valence-corrected chi connectivity index (χ3v) is 4.24. The zero-order valence-electron chi connectivity index (χ0n) is 13.3. The standard InChI is InChI=1S/C17H17Br2N3O2/c1-10-6-13(18)8-15(19)17(10)24-9-16(23)22-21-11(2)12-4-3-5-14(20)7-12/h3-8H,9,20H2,1-2H3,(H,22,23). The van der Waals surface area contributed by atoms with Gasteiger partial charge in [-0.2, -0.15) is 5.10 Å². The Morgan fingerprint density at radius 1 is 1.29 bits per heavy atom. The minimum Gasteiger partial charge on any atom is -0.482 e. The van der Waals surface area contributed by atoms with Crippen LogP contribution in [0, 0.1) is 6.92 Å². The molecule has 7 heteroatoms. The quantitative estimate of drug-likeness (QED) is 0.407. The summed E-state index contributed by atoms with van der Waals surface area (Å²) < 4.78 is 7.29. The summed E-state index contributed by atoms with van der Waals surface area (Å²) in [7, 11) is 0. The predicted molar refractivity (Wildman–Crippen MR) is 103 cm³/mol. The van der Waals surface area contributed by atoms with E-state index in [0.29, 0.717) is 17.1 Å². The smallest absolute Gasteiger partial charge is 0.277 e. The topological polar surface area (TPSA) is 76.7 Å². The molecule has 0 unspecified atom stereocenters. The number of nitrogen functional groups attached to an aromatic ring is 1. The van der Waals surface area contributed by atoms with E-state index in [4.69, 9.17) is 10.5 Å². The number of rotatable bonds is 5. The van der Waals surface area contributed by atoms with Gasteiger partial charge < -0.3 is 10.5 Å². The van der Waals surface area contributed by atoms with E-state index in [9.17, 15) is 4.79 Å². The second kappa shape index (κ2) is 8.30. The predicted octanol–water partition coefficient (Wildman–Crippen LogP) is 4.02. The lowest BCUT2D eigenvalue weighted by Gasteiger charge is -2.11. The van der Waals surface area contributed by atoms with Gasteiger partial charge in [-0.3, -0.25) is 4.79 Å². The third kappa shape index (κ3) is 5.07. The first-order chi connectivity index (χ1) is 11.4. The molecule has 1 amide bonds. The number of carbonyl (C=O) groups is 1. The van der Waals surface area contributed by atoms with Crippen molar-refractivity contribution < 1.29 is 9.53 Å². The Morgan fingerprint density at radius 3 is 2.71 bits per heavy atom. The van der Waals surface area contributed by atoms with Crippen LogP contribution in [-0.2, 0) is 4.79 Å². The molecular formula is C17H17Br2N3O2. The Labute approximate surface area is 157 Å². The van der Waals surface area contributed by atoms with Gasteiger partial charge in [0, 0.05) is 10.2 Å². The van der Waals surface area contributed by atoms with Gasteiger partial charge in [0.25, 0.3) is 5.91 Å². The summed E-state index contributed by atoms with van der Waals surface area (Å²) in [6, 6.07) is 11.1. The van der Waals surface area contributed by atoms with Crippen molar-refractivity contribution in [2.45, 2.75) is 13.8 Å². The number of hydrogen-bond acceptors (Lipinski definition) is 4. The van der Waals surface area contributed by atoms with E-state index in [1.807, 2.05) is 31.2 Å². The van der Waals surface area contributed by atoms with Gasteiger partial charge in [0.05, 0.1) is 10.2 Å². The molecular weight excluding hydrogens is 438 g/mol. The monoisotopic (exact) mass is 453 g/mol. The first-order valence-corrected chi connectivity index (χ1v) is 8.73. The number of amides is 1. The Bertz CT molecular complexity index is 768. The van der Waals surface area contributed by atoms with E-state index in [1.165, 1.54) is 0 Å². The van der Waals surface area contributed by atoms with E-state index >= 15 is 0 Å². The lowest BCUT2D eigenvalue weighted by Crippen LogP contribution is -2.25. The van der Waals surface area contributed by atoms with E-state index < -0.39 is 0 Å². The first kappa shape index (κ1) is 18.5. The van der Waals surface area contributed by atoms with Crippen LogP contribution in [0.4, 0.5) is 5.69 Å². The van der Waals surface area contributed by atoms with Crippen molar-refractivity contribution in [1.82, 2.24) is 5.43 Å². The van der Waals surface area contributed by atoms with Crippen molar-refractivity contribution in [3.63, 3.8) is 0 Å². The third-order valence-electron chi connectivity index (χ3n) is 3.19. The highest BCUT2D eigenvalue weighted by Gasteiger charge is 2.09. The maximum absolute atomic E-state index is 11.9. The van der Waals surface area contributed by atoms with E-state index in [-0.39, 0.29) is 12.5 Å². The van der Waals surface area contributed by atoms with Crippen LogP contribution in [0.2, 0.25) is 0 Å². The van der Waals surface area contributed by atoms with Crippen LogP contribution in [-0.4, -0.2) is 18.2 Å². The van der Waals surface area contributed by atoms with Gasteiger partial charge in [-0.25, -0.2) is 5.43 Å². The van der Waals surface area contributed by atoms with Crippen LogP contribution < -0.4 is 15.9 Å². The molecule has 0 aliphatic carbocycles. The Morgan fingerprint density at radius 2 is 2.04 bits per heavy atom. The highest BCUT2D eigenvalue weighted by molar-refractivity contribution is 9.11. The average Bonchev–Trinajstić information content (AvgIpc) is 2.51. The molecule has 2 aromatic rings. The molecule has 0 aromatic heterocycles. The highest BCUT2D eigenvalue weighted by Crippen LogP contribution is 2.32. The number of halogens is 2. The summed E-state index contributed by atoms with van der Waals surface area (Å²) >= 11 is 6.83. The molecule has 24 heavy (non-hydrogen) atoms. The van der Waals surface area contributed by atoms with Gasteiger partial charge in [0.1, 0.15) is 5.75 Å². The molecule has 0 atom stereocenters. The molecule has 0 saturated carbocycles. The van der Waals surface area contributed by atoms with Crippen molar-refractivity contribution in [2.75, 3.05) is 12.3 Å². The summed E-state index contributed by atoms with van der Waals surface area (Å²) in [6.45, 7) is 3.57. The van der Waals surface area contributed by atoms with Crippen molar-refractivity contribution in [1.29, 1.82) is 0 Å². The van der Waals surface area contributed by atoms with Gasteiger partial charge in [0.15, 0.2) is 6.61 Å². The molecule has 0 bridgehead atoms. The molecule has 0 aliphatic heterocycles. The van der Waals surface area contributed by atoms with E-state index in [2.05, 4.69) is 42.4 Å². The number of nitrogens with one attached hydrogen (secondary N) is 1. The number of benzene rings is 2. The lowest BCUT2D eigenvalue weighted by molar-refractivity contribution is -0.123. The summed E-state index contributed by atoms with van der Waals surface area (Å²) in [5.41, 5.74) is 11.3. The average molecular weight is 455 g/mol. The Hall–Kier alpha value is -1.86. The van der Waals surface area contributed by atoms with Crippen molar-refractivity contribution >= 4 is 49.2 Å². The molecule has 5 nitrogen and oxygen atoms in total. The molecule has 3 N–H and O–H groups in total. The van der Waals surface area contributed by atoms with Gasteiger partial charge in [0.2, 0.25) is 0 Å². The van der Waals surface area contributed by atoms with Crippen molar-refractivity contribution in [2.24, 2.45) is 5.10 Å². The van der Waals surface area contributed by atoms with Gasteiger partial charge in [-0.15, -0.1) is 0 Å². The van der Waals surface area contributed by atoms with Gasteiger partial charge in [-0.1, -0.05) is 28.1 Å². The van der Waals surface area contributed by atoms with Crippen LogP contribution in [0.3, 0.4) is 0 Å². The first-order valence-electron chi connectivity index (χ1n) is 7.14. The number of hydrogen-bond donors (Lipinski definition) is 2. The van der Waals surface area contributed by atoms with Crippen LogP contribution >= 0.6 is 31.9 Å². The van der Waals surface area contributed by atoms with Crippen LogP contribution in [0.15, 0.2) is 50.4 Å². The molecule has 2 aromatic carbocycles. The second-order valence-electron chi connectivity index (χ2n) is 5.18. The number of nitrogens with zero attached hydrogens (tertiary/aromatic N) is 1. The normalized spacial score (nSPS) is 11.2. The van der Waals surface area contributed by atoms with Crippen LogP contribution in [0.25, 0.3) is 0 Å². The maximum atomic E-state index is 11.9. The fourth-order valence-electron chi connectivity index (χ4n) is 2.02. The number of carbonyl (C=O) groups excluding carboxylic acids is 1. The second-order valence-corrected chi connectivity index (χ2v) is 6.95. The molecule has 0 spiro atoms. The number of hydrazone groups is 1. The van der Waals surface area contributed by atoms with Crippen molar-refractivity contribution in [3.05, 3.63) is 56.5 Å². The van der Waals surface area contributed by atoms with Crippen LogP contribution in [0.1, 0.15) is 18.1 Å². The summed E-state index contributed by atoms with van der Waals surface area (Å²) in [5, 5.41) is 4.07. The zero-order valence-corrected chi connectivity index (χ0v) is 16.4. The lowest BCUT2D eigenvalue weighted by atomic mass is 10.1. The number of aryl methyl sites for hydroxylation is 1. The minimum absolute atomic E-state index is 0.130. The molecule has 0 aliphatic rings. The molecule has 0 heterocycles. The molecule has 2 rings (SSSR count). The fraction of sp³-hybridized carbons (Fsp3) is 0.176. The largest absolute Gasteiger partial charge is 0.482 e. The Balaban J connectivity index is 1.96. The molecule has 0 saturated heterocycles. The minimum atomic E-state index is -0.340. The molecule has 0 radical (unpaired) electrons. The number of anilines is 1. The van der Waals surface area contributed by atoms with E-state index in [0.717, 1.165) is 20.1 Å². The zero-order chi connectivity index (χ0) is 17.7. The van der Waals surface area contributed by atoms with Gasteiger partial charge in [-0.05, 0) is 65.2 Å². The summed E-state index contributed by atoms with van der Waals surface area (Å²) in [4.78, 5) is 11.9. The fourth-order valence-corrected chi connectivity index (χ4v) is 3.57. The van der Waals surface area contributed by atoms with Crippen LogP contribution in [0.5, 0.6) is 5.75 Å². The number of ether oxygens (including phenoxy) is 1. The molecule has 0 fully saturated rings. The maximum Gasteiger partial charge on any atom is 0.277 e. The SMILES string of the molecule is CC(=NNC(=O)COc1c(C)cc(Br)cc1Br)c1cccc(N)c1. The van der Waals surface area contributed by atoms with Crippen molar-refractivity contribution in [3.8, 4) is 5.75 Å². The Kier molecular flexibility index (Phi) is 6.39. The highest BCUT2D eigenvalue weighted by atomic mass is 79.9.